The molecule has 0 spiro atoms. The molecule has 0 bridgehead atoms. The first-order valence-electron chi connectivity index (χ1n) is 11.5. The van der Waals surface area contributed by atoms with Crippen LogP contribution in [0.4, 0.5) is 0 Å². The molecule has 39 heavy (non-hydrogen) atoms. The Morgan fingerprint density at radius 2 is 1.41 bits per heavy atom. The van der Waals surface area contributed by atoms with Gasteiger partial charge in [0.15, 0.2) is 6.10 Å². The van der Waals surface area contributed by atoms with E-state index in [2.05, 4.69) is 4.98 Å². The summed E-state index contributed by atoms with van der Waals surface area (Å²) in [5.74, 6) is -0.571. The van der Waals surface area contributed by atoms with Gasteiger partial charge < -0.3 is 23.5 Å². The van der Waals surface area contributed by atoms with Crippen LogP contribution < -0.4 is 9.47 Å². The molecule has 0 amide bonds. The van der Waals surface area contributed by atoms with E-state index in [0.717, 1.165) is 0 Å². The fourth-order valence-corrected chi connectivity index (χ4v) is 5.43. The summed E-state index contributed by atoms with van der Waals surface area (Å²) in [7, 11) is -4.00. The van der Waals surface area contributed by atoms with E-state index in [-0.39, 0.29) is 50.4 Å². The topological polar surface area (TPSA) is 123 Å². The number of nitrogens with zero attached hydrogens (tertiary/aromatic N) is 2. The van der Waals surface area contributed by atoms with Crippen LogP contribution in [0.25, 0.3) is 0 Å². The summed E-state index contributed by atoms with van der Waals surface area (Å²) >= 11 is 18.3. The molecular formula is C25H25Cl3N2O8S. The number of carbonyl (C=O) groups excluding carboxylic acids is 2. The lowest BCUT2D eigenvalue weighted by molar-refractivity contribution is -0.148. The van der Waals surface area contributed by atoms with Crippen LogP contribution in [0.1, 0.15) is 13.8 Å². The molecule has 2 aromatic carbocycles. The number of hydrogen-bond acceptors (Lipinski definition) is 9. The van der Waals surface area contributed by atoms with E-state index in [1.165, 1.54) is 50.2 Å². The number of esters is 2. The van der Waals surface area contributed by atoms with E-state index in [0.29, 0.717) is 6.54 Å². The molecule has 0 saturated carbocycles. The van der Waals surface area contributed by atoms with Crippen molar-refractivity contribution < 1.29 is 37.0 Å². The zero-order valence-electron chi connectivity index (χ0n) is 20.9. The van der Waals surface area contributed by atoms with Crippen molar-refractivity contribution in [3.8, 4) is 11.5 Å². The summed E-state index contributed by atoms with van der Waals surface area (Å²) in [6.45, 7) is 2.76. The molecule has 0 aliphatic rings. The van der Waals surface area contributed by atoms with Crippen LogP contribution >= 0.6 is 34.8 Å². The zero-order valence-corrected chi connectivity index (χ0v) is 24.0. The van der Waals surface area contributed by atoms with Crippen molar-refractivity contribution in [2.75, 3.05) is 19.1 Å². The molecule has 0 aliphatic heterocycles. The van der Waals surface area contributed by atoms with Crippen molar-refractivity contribution in [1.29, 1.82) is 0 Å². The number of benzene rings is 2. The van der Waals surface area contributed by atoms with Gasteiger partial charge in [-0.15, -0.1) is 11.6 Å². The Morgan fingerprint density at radius 1 is 0.897 bits per heavy atom. The van der Waals surface area contributed by atoms with Gasteiger partial charge in [-0.05, 0) is 36.4 Å². The van der Waals surface area contributed by atoms with E-state index in [1.54, 1.807) is 23.3 Å². The Hall–Kier alpha value is -2.99. The van der Waals surface area contributed by atoms with Crippen molar-refractivity contribution >= 4 is 56.6 Å². The number of ether oxygens (including phenoxy) is 4. The summed E-state index contributed by atoms with van der Waals surface area (Å²) in [6, 6.07) is 7.98. The molecule has 3 aromatic rings. The maximum Gasteiger partial charge on any atom is 0.303 e. The second-order valence-electron chi connectivity index (χ2n) is 8.19. The molecule has 14 heteroatoms. The Morgan fingerprint density at radius 3 is 1.85 bits per heavy atom. The van der Waals surface area contributed by atoms with Gasteiger partial charge in [-0.1, -0.05) is 23.2 Å². The van der Waals surface area contributed by atoms with Gasteiger partial charge in [0, 0.05) is 26.2 Å². The number of alkyl halides is 1. The molecule has 0 N–H and O–H groups in total. The van der Waals surface area contributed by atoms with Gasteiger partial charge in [-0.2, -0.15) is 0 Å². The number of hydrogen-bond donors (Lipinski definition) is 0. The van der Waals surface area contributed by atoms with E-state index in [9.17, 15) is 18.0 Å². The monoisotopic (exact) mass is 618 g/mol. The molecule has 2 atom stereocenters. The van der Waals surface area contributed by atoms with Crippen LogP contribution in [0.2, 0.25) is 10.0 Å². The average molecular weight is 620 g/mol. The van der Waals surface area contributed by atoms with Crippen molar-refractivity contribution in [2.24, 2.45) is 0 Å². The summed E-state index contributed by atoms with van der Waals surface area (Å²) in [5.41, 5.74) is 0. The Bertz CT molecular complexity index is 1400. The SMILES string of the molecule is CC(=O)OC(CCl)COc1ccc(S(=O)(=O)c2ccc(OCC(Cn3ccnc3)OC(C)=O)c(Cl)c2)cc1Cl. The zero-order chi connectivity index (χ0) is 28.6. The van der Waals surface area contributed by atoms with Crippen molar-refractivity contribution in [3.63, 3.8) is 0 Å². The third-order valence-corrected chi connectivity index (χ3v) is 7.77. The number of aromatic nitrogens is 2. The number of imidazole rings is 1. The van der Waals surface area contributed by atoms with E-state index in [1.807, 2.05) is 0 Å². The van der Waals surface area contributed by atoms with Gasteiger partial charge in [0.05, 0.1) is 38.6 Å². The smallest absolute Gasteiger partial charge is 0.303 e. The van der Waals surface area contributed by atoms with Gasteiger partial charge in [0.1, 0.15) is 30.8 Å². The van der Waals surface area contributed by atoms with Crippen molar-refractivity contribution in [2.45, 2.75) is 42.4 Å². The fraction of sp³-hybridized carbons (Fsp3) is 0.320. The van der Waals surface area contributed by atoms with Crippen LogP contribution in [0.3, 0.4) is 0 Å². The summed E-state index contributed by atoms with van der Waals surface area (Å²) < 4.78 is 49.7. The molecule has 210 valence electrons. The van der Waals surface area contributed by atoms with Gasteiger partial charge in [0.25, 0.3) is 0 Å². The highest BCUT2D eigenvalue weighted by Crippen LogP contribution is 2.33. The normalized spacial score (nSPS) is 12.8. The van der Waals surface area contributed by atoms with Crippen LogP contribution in [0, 0.1) is 0 Å². The lowest BCUT2D eigenvalue weighted by Gasteiger charge is -2.19. The molecule has 0 radical (unpaired) electrons. The third kappa shape index (κ3) is 8.76. The molecular weight excluding hydrogens is 595 g/mol. The Kier molecular flexibility index (Phi) is 10.9. The predicted octanol–water partition coefficient (Wildman–Crippen LogP) is 4.58. The van der Waals surface area contributed by atoms with Crippen LogP contribution in [0.15, 0.2) is 64.9 Å². The summed E-state index contributed by atoms with van der Waals surface area (Å²) in [5, 5.41) is 0.0802. The summed E-state index contributed by atoms with van der Waals surface area (Å²) in [6.07, 6.45) is 3.56. The first kappa shape index (κ1) is 30.6. The highest BCUT2D eigenvalue weighted by molar-refractivity contribution is 7.91. The molecule has 3 rings (SSSR count). The Labute approximate surface area is 240 Å². The van der Waals surface area contributed by atoms with Gasteiger partial charge in [-0.25, -0.2) is 13.4 Å². The number of carbonyl (C=O) groups is 2. The maximum absolute atomic E-state index is 13.2. The standard InChI is InChI=1S/C25H25Cl3N2O8S/c1-16(31)37-18(11-26)13-35-24-5-3-20(9-22(24)27)39(33,34)21-4-6-25(23(28)10-21)36-14-19(38-17(2)32)12-30-8-7-29-15-30/h3-10,15,18-19H,11-14H2,1-2H3. The van der Waals surface area contributed by atoms with Gasteiger partial charge in [-0.3, -0.25) is 9.59 Å². The van der Waals surface area contributed by atoms with Crippen molar-refractivity contribution in [3.05, 3.63) is 65.2 Å². The lowest BCUT2D eigenvalue weighted by atomic mass is 10.3. The number of halogens is 3. The fourth-order valence-electron chi connectivity index (χ4n) is 3.37. The first-order valence-corrected chi connectivity index (χ1v) is 14.2. The maximum atomic E-state index is 13.2. The number of rotatable bonds is 13. The van der Waals surface area contributed by atoms with E-state index < -0.39 is 34.0 Å². The molecule has 10 nitrogen and oxygen atoms in total. The minimum absolute atomic E-state index is 0.0130. The molecule has 0 aliphatic carbocycles. The Balaban J connectivity index is 1.70. The highest BCUT2D eigenvalue weighted by Gasteiger charge is 2.22. The minimum Gasteiger partial charge on any atom is -0.488 e. The predicted molar refractivity (Wildman–Crippen MR) is 143 cm³/mol. The molecule has 2 unspecified atom stereocenters. The van der Waals surface area contributed by atoms with Crippen LogP contribution in [-0.4, -0.2) is 61.2 Å². The van der Waals surface area contributed by atoms with Crippen molar-refractivity contribution in [1.82, 2.24) is 9.55 Å². The average Bonchev–Trinajstić information content (AvgIpc) is 3.38. The third-order valence-electron chi connectivity index (χ3n) is 5.09. The molecule has 0 fully saturated rings. The van der Waals surface area contributed by atoms with Crippen LogP contribution in [-0.2, 0) is 35.4 Å². The van der Waals surface area contributed by atoms with Gasteiger partial charge >= 0.3 is 11.9 Å². The minimum atomic E-state index is -4.00. The summed E-state index contributed by atoms with van der Waals surface area (Å²) in [4.78, 5) is 26.4. The van der Waals surface area contributed by atoms with Crippen LogP contribution in [0.5, 0.6) is 11.5 Å². The number of sulfone groups is 1. The largest absolute Gasteiger partial charge is 0.488 e. The van der Waals surface area contributed by atoms with E-state index in [4.69, 9.17) is 53.8 Å². The molecule has 0 saturated heterocycles. The molecule has 1 aromatic heterocycles. The first-order chi connectivity index (χ1) is 18.5. The van der Waals surface area contributed by atoms with Gasteiger partial charge in [0.2, 0.25) is 9.84 Å². The van der Waals surface area contributed by atoms with E-state index >= 15 is 0 Å². The second-order valence-corrected chi connectivity index (χ2v) is 11.3. The quantitative estimate of drug-likeness (QED) is 0.200. The molecule has 1 heterocycles. The second kappa shape index (κ2) is 13.9. The highest BCUT2D eigenvalue weighted by atomic mass is 35.5. The lowest BCUT2D eigenvalue weighted by Crippen LogP contribution is -2.28.